The molecule has 5 heteroatoms. The van der Waals surface area contributed by atoms with Crippen LogP contribution in [0.1, 0.15) is 39.3 Å². The number of nitrogens with zero attached hydrogens (tertiary/aromatic N) is 2. The van der Waals surface area contributed by atoms with Crippen LogP contribution in [-0.4, -0.2) is 34.6 Å². The molecule has 1 saturated heterocycles. The van der Waals surface area contributed by atoms with E-state index < -0.39 is 5.60 Å². The molecule has 2 aliphatic rings. The lowest BCUT2D eigenvalue weighted by Crippen LogP contribution is -2.53. The summed E-state index contributed by atoms with van der Waals surface area (Å²) in [5.74, 6) is 0. The van der Waals surface area contributed by atoms with Gasteiger partial charge in [-0.3, -0.25) is 15.2 Å². The Hall–Kier alpha value is -1.62. The Morgan fingerprint density at radius 3 is 2.70 bits per heavy atom. The number of anilines is 1. The number of likely N-dealkylation sites (tertiary alicyclic amines) is 1. The van der Waals surface area contributed by atoms with E-state index in [1.807, 2.05) is 12.1 Å². The van der Waals surface area contributed by atoms with E-state index in [9.17, 15) is 4.79 Å². The zero-order chi connectivity index (χ0) is 14.4. The Labute approximate surface area is 119 Å². The molecule has 108 valence electrons. The van der Waals surface area contributed by atoms with Crippen molar-refractivity contribution < 1.29 is 9.53 Å². The topological polar surface area (TPSA) is 54.5 Å². The highest BCUT2D eigenvalue weighted by Crippen LogP contribution is 2.42. The van der Waals surface area contributed by atoms with Gasteiger partial charge in [-0.05, 0) is 32.9 Å². The standard InChI is InChI=1S/C15H21N3O2/c1-14(2,3)18-9-6-15(7-10-18)12-11(5-4-8-16-12)17-13(19)20-15/h4-5,8H,6-7,9-10H2,1-3H3,(H,17,19). The first-order chi connectivity index (χ1) is 9.41. The number of ether oxygens (including phenoxy) is 1. The maximum absolute atomic E-state index is 11.8. The Bertz CT molecular complexity index is 528. The molecule has 5 nitrogen and oxygen atoms in total. The number of fused-ring (bicyclic) bond motifs is 2. The molecule has 0 aliphatic carbocycles. The molecule has 1 N–H and O–H groups in total. The van der Waals surface area contributed by atoms with Gasteiger partial charge in [0, 0.05) is 37.7 Å². The summed E-state index contributed by atoms with van der Waals surface area (Å²) in [5.41, 5.74) is 1.24. The van der Waals surface area contributed by atoms with Crippen molar-refractivity contribution in [3.05, 3.63) is 24.0 Å². The molecule has 2 aliphatic heterocycles. The molecule has 0 unspecified atom stereocenters. The van der Waals surface area contributed by atoms with E-state index >= 15 is 0 Å². The van der Waals surface area contributed by atoms with Crippen molar-refractivity contribution in [2.75, 3.05) is 18.4 Å². The Morgan fingerprint density at radius 1 is 1.35 bits per heavy atom. The highest BCUT2D eigenvalue weighted by atomic mass is 16.6. The molecule has 1 amide bonds. The molecule has 0 radical (unpaired) electrons. The van der Waals surface area contributed by atoms with Crippen LogP contribution in [0, 0.1) is 0 Å². The van der Waals surface area contributed by atoms with E-state index in [0.29, 0.717) is 0 Å². The van der Waals surface area contributed by atoms with E-state index in [4.69, 9.17) is 4.74 Å². The molecular formula is C15H21N3O2. The van der Waals surface area contributed by atoms with Crippen molar-refractivity contribution in [1.29, 1.82) is 0 Å². The quantitative estimate of drug-likeness (QED) is 0.791. The number of carbonyl (C=O) groups is 1. The van der Waals surface area contributed by atoms with Gasteiger partial charge in [0.25, 0.3) is 0 Å². The Balaban J connectivity index is 1.89. The fourth-order valence-electron chi connectivity index (χ4n) is 3.11. The molecule has 1 fully saturated rings. The lowest BCUT2D eigenvalue weighted by atomic mass is 9.84. The number of piperidine rings is 1. The molecule has 1 aromatic heterocycles. The fraction of sp³-hybridized carbons (Fsp3) is 0.600. The van der Waals surface area contributed by atoms with Crippen molar-refractivity contribution in [3.8, 4) is 0 Å². The van der Waals surface area contributed by atoms with Crippen LogP contribution in [0.15, 0.2) is 18.3 Å². The van der Waals surface area contributed by atoms with Crippen LogP contribution in [0.2, 0.25) is 0 Å². The first kappa shape index (κ1) is 13.4. The molecule has 0 atom stereocenters. The third-order valence-corrected chi connectivity index (χ3v) is 4.28. The second kappa shape index (κ2) is 4.45. The van der Waals surface area contributed by atoms with Gasteiger partial charge in [-0.15, -0.1) is 0 Å². The molecule has 1 spiro atoms. The van der Waals surface area contributed by atoms with Gasteiger partial charge in [-0.1, -0.05) is 0 Å². The van der Waals surface area contributed by atoms with Crippen LogP contribution in [0.4, 0.5) is 10.5 Å². The normalized spacial score (nSPS) is 22.1. The van der Waals surface area contributed by atoms with Crippen LogP contribution >= 0.6 is 0 Å². The number of rotatable bonds is 0. The maximum atomic E-state index is 11.8. The van der Waals surface area contributed by atoms with Gasteiger partial charge in [0.1, 0.15) is 5.69 Å². The molecule has 3 rings (SSSR count). The van der Waals surface area contributed by atoms with E-state index in [0.717, 1.165) is 37.3 Å². The Kier molecular flexibility index (Phi) is 2.97. The van der Waals surface area contributed by atoms with E-state index in [2.05, 4.69) is 36.0 Å². The van der Waals surface area contributed by atoms with Gasteiger partial charge < -0.3 is 4.74 Å². The molecule has 0 bridgehead atoms. The number of nitrogens with one attached hydrogen (secondary N) is 1. The minimum atomic E-state index is -0.555. The predicted molar refractivity (Wildman–Crippen MR) is 76.6 cm³/mol. The fourth-order valence-corrected chi connectivity index (χ4v) is 3.11. The first-order valence-electron chi connectivity index (χ1n) is 7.11. The summed E-state index contributed by atoms with van der Waals surface area (Å²) in [6, 6.07) is 3.73. The van der Waals surface area contributed by atoms with Crippen LogP contribution in [0.25, 0.3) is 0 Å². The average Bonchev–Trinajstić information content (AvgIpc) is 2.38. The van der Waals surface area contributed by atoms with Crippen LogP contribution in [0.3, 0.4) is 0 Å². The Morgan fingerprint density at radius 2 is 2.05 bits per heavy atom. The predicted octanol–water partition coefficient (Wildman–Crippen LogP) is 2.73. The number of aromatic nitrogens is 1. The van der Waals surface area contributed by atoms with Gasteiger partial charge in [0.05, 0.1) is 5.69 Å². The van der Waals surface area contributed by atoms with Gasteiger partial charge in [0.15, 0.2) is 5.60 Å². The molecule has 0 aromatic carbocycles. The summed E-state index contributed by atoms with van der Waals surface area (Å²) in [7, 11) is 0. The van der Waals surface area contributed by atoms with E-state index in [1.165, 1.54) is 0 Å². The first-order valence-corrected chi connectivity index (χ1v) is 7.11. The molecule has 3 heterocycles. The second-order valence-corrected chi connectivity index (χ2v) is 6.57. The highest BCUT2D eigenvalue weighted by molar-refractivity contribution is 5.88. The SMILES string of the molecule is CC(C)(C)N1CCC2(CC1)OC(=O)Nc1cccnc12. The monoisotopic (exact) mass is 275 g/mol. The molecule has 0 saturated carbocycles. The average molecular weight is 275 g/mol. The van der Waals surface area contributed by atoms with E-state index in [-0.39, 0.29) is 11.6 Å². The molecular weight excluding hydrogens is 254 g/mol. The van der Waals surface area contributed by atoms with E-state index in [1.54, 1.807) is 6.20 Å². The van der Waals surface area contributed by atoms with Crippen LogP contribution in [0.5, 0.6) is 0 Å². The van der Waals surface area contributed by atoms with Gasteiger partial charge in [-0.25, -0.2) is 4.79 Å². The van der Waals surface area contributed by atoms with Crippen molar-refractivity contribution >= 4 is 11.8 Å². The third kappa shape index (κ3) is 2.16. The zero-order valence-corrected chi connectivity index (χ0v) is 12.3. The van der Waals surface area contributed by atoms with Crippen molar-refractivity contribution in [1.82, 2.24) is 9.88 Å². The van der Waals surface area contributed by atoms with Crippen LogP contribution < -0.4 is 5.32 Å². The summed E-state index contributed by atoms with van der Waals surface area (Å²) < 4.78 is 5.66. The number of hydrogen-bond donors (Lipinski definition) is 1. The summed E-state index contributed by atoms with van der Waals surface area (Å²) in [6.45, 7) is 8.46. The molecule has 1 aromatic rings. The van der Waals surface area contributed by atoms with Gasteiger partial charge in [0.2, 0.25) is 0 Å². The lowest BCUT2D eigenvalue weighted by Gasteiger charge is -2.47. The third-order valence-electron chi connectivity index (χ3n) is 4.28. The van der Waals surface area contributed by atoms with Crippen LogP contribution in [-0.2, 0) is 10.3 Å². The molecule has 20 heavy (non-hydrogen) atoms. The largest absolute Gasteiger partial charge is 0.436 e. The second-order valence-electron chi connectivity index (χ2n) is 6.57. The number of hydrogen-bond acceptors (Lipinski definition) is 4. The lowest BCUT2D eigenvalue weighted by molar-refractivity contribution is -0.0570. The summed E-state index contributed by atoms with van der Waals surface area (Å²) in [4.78, 5) is 18.7. The van der Waals surface area contributed by atoms with Gasteiger partial charge >= 0.3 is 6.09 Å². The smallest absolute Gasteiger partial charge is 0.412 e. The van der Waals surface area contributed by atoms with Crippen molar-refractivity contribution in [2.45, 2.75) is 44.8 Å². The number of carbonyl (C=O) groups excluding carboxylic acids is 1. The summed E-state index contributed by atoms with van der Waals surface area (Å²) >= 11 is 0. The number of pyridine rings is 1. The minimum absolute atomic E-state index is 0.144. The van der Waals surface area contributed by atoms with Crippen molar-refractivity contribution in [3.63, 3.8) is 0 Å². The minimum Gasteiger partial charge on any atom is -0.436 e. The zero-order valence-electron chi connectivity index (χ0n) is 12.3. The van der Waals surface area contributed by atoms with Crippen molar-refractivity contribution in [2.24, 2.45) is 0 Å². The summed E-state index contributed by atoms with van der Waals surface area (Å²) in [5, 5.41) is 2.74. The summed E-state index contributed by atoms with van der Waals surface area (Å²) in [6.07, 6.45) is 2.98. The number of amides is 1. The highest BCUT2D eigenvalue weighted by Gasteiger charge is 2.46. The van der Waals surface area contributed by atoms with Gasteiger partial charge in [-0.2, -0.15) is 0 Å². The maximum Gasteiger partial charge on any atom is 0.412 e.